The van der Waals surface area contributed by atoms with E-state index in [9.17, 15) is 9.59 Å². The van der Waals surface area contributed by atoms with E-state index in [2.05, 4.69) is 37.2 Å². The van der Waals surface area contributed by atoms with Crippen molar-refractivity contribution < 1.29 is 14.3 Å². The highest BCUT2D eigenvalue weighted by Gasteiger charge is 2.28. The van der Waals surface area contributed by atoms with Crippen LogP contribution in [0.2, 0.25) is 0 Å². The second-order valence-electron chi connectivity index (χ2n) is 5.17. The molecule has 0 atom stereocenters. The van der Waals surface area contributed by atoms with Crippen LogP contribution in [-0.2, 0) is 9.53 Å². The number of nitrogens with one attached hydrogen (secondary N) is 1. The largest absolute Gasteiger partial charge is 0.469 e. The number of halogens is 2. The molecule has 0 heterocycles. The van der Waals surface area contributed by atoms with Gasteiger partial charge in [0.05, 0.1) is 18.6 Å². The molecule has 1 N–H and O–H groups in total. The third-order valence-electron chi connectivity index (χ3n) is 3.77. The molecule has 1 saturated carbocycles. The molecule has 0 unspecified atom stereocenters. The van der Waals surface area contributed by atoms with Gasteiger partial charge in [0, 0.05) is 15.0 Å². The Bertz CT molecular complexity index is 540. The summed E-state index contributed by atoms with van der Waals surface area (Å²) in [5.74, 6) is -0.264. The van der Waals surface area contributed by atoms with Crippen molar-refractivity contribution in [1.29, 1.82) is 0 Å². The Labute approximate surface area is 140 Å². The third kappa shape index (κ3) is 4.30. The quantitative estimate of drug-likeness (QED) is 0.761. The molecule has 21 heavy (non-hydrogen) atoms. The molecule has 1 aliphatic carbocycles. The van der Waals surface area contributed by atoms with E-state index in [1.165, 1.54) is 7.11 Å². The number of amides is 1. The molecular formula is C15H17Br2NO3. The van der Waals surface area contributed by atoms with Gasteiger partial charge in [0.25, 0.3) is 5.91 Å². The number of esters is 1. The fourth-order valence-corrected chi connectivity index (χ4v) is 3.36. The van der Waals surface area contributed by atoms with E-state index in [0.29, 0.717) is 5.56 Å². The summed E-state index contributed by atoms with van der Waals surface area (Å²) in [5, 5.41) is 3.04. The Balaban J connectivity index is 1.93. The van der Waals surface area contributed by atoms with Crippen LogP contribution in [0.3, 0.4) is 0 Å². The minimum absolute atomic E-state index is 0.0271. The summed E-state index contributed by atoms with van der Waals surface area (Å²) in [7, 11) is 1.42. The molecule has 1 aromatic rings. The first-order valence-corrected chi connectivity index (χ1v) is 8.43. The average molecular weight is 419 g/mol. The Morgan fingerprint density at radius 1 is 1.19 bits per heavy atom. The lowest BCUT2D eigenvalue weighted by atomic mass is 9.86. The highest BCUT2D eigenvalue weighted by Crippen LogP contribution is 2.26. The number of carbonyl (C=O) groups excluding carboxylic acids is 2. The molecule has 0 aliphatic heterocycles. The van der Waals surface area contributed by atoms with E-state index >= 15 is 0 Å². The van der Waals surface area contributed by atoms with Crippen LogP contribution in [0.5, 0.6) is 0 Å². The van der Waals surface area contributed by atoms with Crippen LogP contribution in [0.25, 0.3) is 0 Å². The summed E-state index contributed by atoms with van der Waals surface area (Å²) in [6, 6.07) is 5.62. The zero-order valence-corrected chi connectivity index (χ0v) is 14.9. The Morgan fingerprint density at radius 2 is 1.86 bits per heavy atom. The van der Waals surface area contributed by atoms with Gasteiger partial charge in [-0.2, -0.15) is 0 Å². The van der Waals surface area contributed by atoms with Crippen molar-refractivity contribution in [2.75, 3.05) is 7.11 Å². The molecule has 0 aromatic heterocycles. The van der Waals surface area contributed by atoms with Crippen LogP contribution in [0, 0.1) is 5.92 Å². The van der Waals surface area contributed by atoms with Gasteiger partial charge in [-0.25, -0.2) is 0 Å². The number of carbonyl (C=O) groups is 2. The van der Waals surface area contributed by atoms with E-state index in [1.54, 1.807) is 6.07 Å². The summed E-state index contributed by atoms with van der Waals surface area (Å²) in [4.78, 5) is 23.8. The molecule has 114 valence electrons. The number of hydrogen-bond donors (Lipinski definition) is 1. The van der Waals surface area contributed by atoms with Gasteiger partial charge < -0.3 is 10.1 Å². The molecule has 4 nitrogen and oxygen atoms in total. The van der Waals surface area contributed by atoms with Crippen molar-refractivity contribution >= 4 is 43.7 Å². The zero-order chi connectivity index (χ0) is 15.4. The maximum Gasteiger partial charge on any atom is 0.308 e. The third-order valence-corrected chi connectivity index (χ3v) is 4.95. The predicted octanol–water partition coefficient (Wildman–Crippen LogP) is 3.67. The Hall–Kier alpha value is -0.880. The highest BCUT2D eigenvalue weighted by molar-refractivity contribution is 9.11. The standard InChI is InChI=1S/C15H17Br2NO3/c1-21-15(20)9-2-5-11(6-3-9)18-14(19)12-8-10(16)4-7-13(12)17/h4,7-9,11H,2-3,5-6H2,1H3,(H,18,19). The molecule has 2 rings (SSSR count). The molecule has 1 amide bonds. The first kappa shape index (κ1) is 16.5. The second-order valence-corrected chi connectivity index (χ2v) is 6.94. The van der Waals surface area contributed by atoms with Gasteiger partial charge in [-0.05, 0) is 59.8 Å². The number of methoxy groups -OCH3 is 1. The SMILES string of the molecule is COC(=O)C1CCC(NC(=O)c2cc(Br)ccc2Br)CC1. The van der Waals surface area contributed by atoms with Crippen molar-refractivity contribution in [2.45, 2.75) is 31.7 Å². The van der Waals surface area contributed by atoms with Gasteiger partial charge >= 0.3 is 5.97 Å². The van der Waals surface area contributed by atoms with Crippen molar-refractivity contribution in [3.63, 3.8) is 0 Å². The number of hydrogen-bond acceptors (Lipinski definition) is 3. The fourth-order valence-electron chi connectivity index (χ4n) is 2.57. The van der Waals surface area contributed by atoms with Gasteiger partial charge in [-0.15, -0.1) is 0 Å². The monoisotopic (exact) mass is 417 g/mol. The van der Waals surface area contributed by atoms with Gasteiger partial charge in [0.2, 0.25) is 0 Å². The molecule has 0 saturated heterocycles. The lowest BCUT2D eigenvalue weighted by Gasteiger charge is -2.27. The Morgan fingerprint density at radius 3 is 2.48 bits per heavy atom. The number of benzene rings is 1. The smallest absolute Gasteiger partial charge is 0.308 e. The summed E-state index contributed by atoms with van der Waals surface area (Å²) >= 11 is 6.76. The van der Waals surface area contributed by atoms with Crippen molar-refractivity contribution in [1.82, 2.24) is 5.32 Å². The second kappa shape index (κ2) is 7.40. The lowest BCUT2D eigenvalue weighted by Crippen LogP contribution is -2.39. The number of rotatable bonds is 3. The normalized spacial score (nSPS) is 21.7. The van der Waals surface area contributed by atoms with Crippen LogP contribution in [0.1, 0.15) is 36.0 Å². The highest BCUT2D eigenvalue weighted by atomic mass is 79.9. The minimum Gasteiger partial charge on any atom is -0.469 e. The van der Waals surface area contributed by atoms with Crippen molar-refractivity contribution in [3.8, 4) is 0 Å². The van der Waals surface area contributed by atoms with Gasteiger partial charge in [-0.1, -0.05) is 15.9 Å². The van der Waals surface area contributed by atoms with E-state index < -0.39 is 0 Å². The van der Waals surface area contributed by atoms with E-state index in [1.807, 2.05) is 12.1 Å². The predicted molar refractivity (Wildman–Crippen MR) is 87.1 cm³/mol. The summed E-state index contributed by atoms with van der Waals surface area (Å²) in [6.45, 7) is 0. The summed E-state index contributed by atoms with van der Waals surface area (Å²) in [6.07, 6.45) is 3.13. The topological polar surface area (TPSA) is 55.4 Å². The number of ether oxygens (including phenoxy) is 1. The lowest BCUT2D eigenvalue weighted by molar-refractivity contribution is -0.146. The van der Waals surface area contributed by atoms with Crippen LogP contribution in [0.4, 0.5) is 0 Å². The first-order valence-electron chi connectivity index (χ1n) is 6.85. The first-order chi connectivity index (χ1) is 10.0. The van der Waals surface area contributed by atoms with Gasteiger partial charge in [-0.3, -0.25) is 9.59 Å². The summed E-state index contributed by atoms with van der Waals surface area (Å²) < 4.78 is 6.40. The maximum absolute atomic E-state index is 12.3. The van der Waals surface area contributed by atoms with E-state index in [-0.39, 0.29) is 23.8 Å². The molecule has 6 heteroatoms. The fraction of sp³-hybridized carbons (Fsp3) is 0.467. The van der Waals surface area contributed by atoms with Crippen LogP contribution in [-0.4, -0.2) is 25.0 Å². The average Bonchev–Trinajstić information content (AvgIpc) is 2.49. The van der Waals surface area contributed by atoms with Gasteiger partial charge in [0.1, 0.15) is 0 Å². The summed E-state index contributed by atoms with van der Waals surface area (Å²) in [5.41, 5.74) is 0.611. The minimum atomic E-state index is -0.144. The van der Waals surface area contributed by atoms with Crippen molar-refractivity contribution in [3.05, 3.63) is 32.7 Å². The van der Waals surface area contributed by atoms with E-state index in [0.717, 1.165) is 34.6 Å². The molecular weight excluding hydrogens is 402 g/mol. The molecule has 0 radical (unpaired) electrons. The molecule has 1 aromatic carbocycles. The molecule has 1 aliphatic rings. The van der Waals surface area contributed by atoms with Gasteiger partial charge in [0.15, 0.2) is 0 Å². The van der Waals surface area contributed by atoms with Crippen molar-refractivity contribution in [2.24, 2.45) is 5.92 Å². The molecule has 0 bridgehead atoms. The zero-order valence-electron chi connectivity index (χ0n) is 11.7. The van der Waals surface area contributed by atoms with Crippen LogP contribution >= 0.6 is 31.9 Å². The van der Waals surface area contributed by atoms with Crippen LogP contribution < -0.4 is 5.32 Å². The molecule has 1 fully saturated rings. The maximum atomic E-state index is 12.3. The van der Waals surface area contributed by atoms with E-state index in [4.69, 9.17) is 4.74 Å². The Kier molecular flexibility index (Phi) is 5.81. The van der Waals surface area contributed by atoms with Crippen LogP contribution in [0.15, 0.2) is 27.1 Å². The molecule has 0 spiro atoms.